The van der Waals surface area contributed by atoms with E-state index < -0.39 is 0 Å². The summed E-state index contributed by atoms with van der Waals surface area (Å²) in [4.78, 5) is 13.0. The Morgan fingerprint density at radius 3 is 2.32 bits per heavy atom. The number of fused-ring (bicyclic) bond motifs is 4. The van der Waals surface area contributed by atoms with Crippen molar-refractivity contribution in [3.05, 3.63) is 82.0 Å². The average molecular weight is 340 g/mol. The molecule has 0 saturated heterocycles. The molecule has 0 spiro atoms. The molecule has 5 rings (SSSR count). The van der Waals surface area contributed by atoms with Gasteiger partial charge in [0.1, 0.15) is 0 Å². The van der Waals surface area contributed by atoms with Gasteiger partial charge in [-0.15, -0.1) is 11.3 Å². The molecule has 25 heavy (non-hydrogen) atoms. The molecule has 0 atom stereocenters. The summed E-state index contributed by atoms with van der Waals surface area (Å²) in [5.74, 6) is 0. The number of benzene rings is 4. The van der Waals surface area contributed by atoms with Crippen LogP contribution in [0.2, 0.25) is 0 Å². The van der Waals surface area contributed by atoms with Crippen molar-refractivity contribution in [3.8, 4) is 0 Å². The summed E-state index contributed by atoms with van der Waals surface area (Å²) < 4.78 is 2.11. The van der Waals surface area contributed by atoms with E-state index in [1.165, 1.54) is 21.7 Å². The molecule has 0 aliphatic heterocycles. The van der Waals surface area contributed by atoms with Crippen LogP contribution >= 0.6 is 11.3 Å². The van der Waals surface area contributed by atoms with E-state index in [2.05, 4.69) is 61.5 Å². The Bertz CT molecular complexity index is 1380. The zero-order valence-corrected chi connectivity index (χ0v) is 14.9. The molecule has 0 aliphatic rings. The van der Waals surface area contributed by atoms with E-state index in [4.69, 9.17) is 0 Å². The molecule has 0 aliphatic carbocycles. The monoisotopic (exact) mass is 340 g/mol. The molecule has 1 nitrogen and oxygen atoms in total. The largest absolute Gasteiger partial charge is 0.289 e. The van der Waals surface area contributed by atoms with E-state index in [1.54, 1.807) is 11.3 Å². The zero-order chi connectivity index (χ0) is 17.1. The molecule has 5 aromatic rings. The second-order valence-corrected chi connectivity index (χ2v) is 7.86. The molecular weight excluding hydrogens is 324 g/mol. The Morgan fingerprint density at radius 2 is 1.44 bits per heavy atom. The van der Waals surface area contributed by atoms with Gasteiger partial charge in [0.05, 0.1) is 0 Å². The predicted octanol–water partition coefficient (Wildman–Crippen LogP) is 6.34. The van der Waals surface area contributed by atoms with Crippen LogP contribution in [0.25, 0.3) is 41.7 Å². The minimum absolute atomic E-state index is 0.138. The lowest BCUT2D eigenvalue weighted by molar-refractivity contribution is 1.51. The molecule has 1 heterocycles. The van der Waals surface area contributed by atoms with Crippen molar-refractivity contribution < 1.29 is 0 Å². The highest BCUT2D eigenvalue weighted by molar-refractivity contribution is 7.24. The first-order valence-electron chi connectivity index (χ1n) is 8.40. The Labute approximate surface area is 149 Å². The Hall–Kier alpha value is -2.71. The van der Waals surface area contributed by atoms with Crippen molar-refractivity contribution >= 4 is 53.1 Å². The highest BCUT2D eigenvalue weighted by Gasteiger charge is 2.09. The van der Waals surface area contributed by atoms with Crippen molar-refractivity contribution in [2.24, 2.45) is 0 Å². The van der Waals surface area contributed by atoms with Crippen molar-refractivity contribution in [3.63, 3.8) is 0 Å². The number of hydrogen-bond donors (Lipinski definition) is 0. The van der Waals surface area contributed by atoms with Gasteiger partial charge in [-0.3, -0.25) is 4.79 Å². The van der Waals surface area contributed by atoms with Gasteiger partial charge < -0.3 is 0 Å². The third kappa shape index (κ3) is 2.18. The fourth-order valence-corrected chi connectivity index (χ4v) is 4.73. The van der Waals surface area contributed by atoms with Crippen LogP contribution in [-0.2, 0) is 0 Å². The van der Waals surface area contributed by atoms with Crippen molar-refractivity contribution in [2.75, 3.05) is 0 Å². The first-order chi connectivity index (χ1) is 12.1. The van der Waals surface area contributed by atoms with Gasteiger partial charge in [-0.25, -0.2) is 0 Å². The molecule has 0 saturated carbocycles. The van der Waals surface area contributed by atoms with E-state index >= 15 is 0 Å². The highest BCUT2D eigenvalue weighted by Crippen LogP contribution is 2.31. The third-order valence-electron chi connectivity index (χ3n) is 5.00. The van der Waals surface area contributed by atoms with E-state index in [0.717, 1.165) is 31.1 Å². The van der Waals surface area contributed by atoms with E-state index in [0.29, 0.717) is 0 Å². The van der Waals surface area contributed by atoms with E-state index in [1.807, 2.05) is 13.0 Å². The minimum Gasteiger partial charge on any atom is -0.289 e. The Morgan fingerprint density at radius 1 is 0.680 bits per heavy atom. The van der Waals surface area contributed by atoms with Crippen LogP contribution in [0.4, 0.5) is 0 Å². The van der Waals surface area contributed by atoms with Crippen LogP contribution in [0.1, 0.15) is 11.1 Å². The molecule has 0 fully saturated rings. The summed E-state index contributed by atoms with van der Waals surface area (Å²) in [7, 11) is 0. The average Bonchev–Trinajstić information content (AvgIpc) is 2.60. The van der Waals surface area contributed by atoms with Crippen LogP contribution in [0, 0.1) is 13.8 Å². The van der Waals surface area contributed by atoms with Gasteiger partial charge in [-0.2, -0.15) is 0 Å². The Kier molecular flexibility index (Phi) is 3.01. The van der Waals surface area contributed by atoms with Crippen molar-refractivity contribution in [1.29, 1.82) is 0 Å². The maximum Gasteiger partial charge on any atom is 0.195 e. The summed E-state index contributed by atoms with van der Waals surface area (Å²) in [5.41, 5.74) is 2.52. The van der Waals surface area contributed by atoms with Gasteiger partial charge in [0.25, 0.3) is 0 Å². The second kappa shape index (κ2) is 5.14. The number of rotatable bonds is 0. The maximum absolute atomic E-state index is 13.0. The highest BCUT2D eigenvalue weighted by atomic mass is 32.1. The first-order valence-corrected chi connectivity index (χ1v) is 9.22. The smallest absolute Gasteiger partial charge is 0.195 e. The fraction of sp³-hybridized carbons (Fsp3) is 0.0870. The molecule has 2 heteroatoms. The molecular formula is C23H16OS. The van der Waals surface area contributed by atoms with Crippen LogP contribution in [0.5, 0.6) is 0 Å². The summed E-state index contributed by atoms with van der Waals surface area (Å²) in [5, 5.41) is 6.47. The lowest BCUT2D eigenvalue weighted by atomic mass is 9.99. The molecule has 0 bridgehead atoms. The van der Waals surface area contributed by atoms with Gasteiger partial charge in [0, 0.05) is 20.2 Å². The normalized spacial score (nSPS) is 11.8. The minimum atomic E-state index is 0.138. The van der Waals surface area contributed by atoms with Crippen molar-refractivity contribution in [2.45, 2.75) is 13.8 Å². The topological polar surface area (TPSA) is 17.1 Å². The molecule has 0 amide bonds. The summed E-state index contributed by atoms with van der Waals surface area (Å²) in [6.45, 7) is 4.16. The molecule has 1 aromatic heterocycles. The fourth-order valence-electron chi connectivity index (χ4n) is 3.65. The third-order valence-corrected chi connectivity index (χ3v) is 6.13. The van der Waals surface area contributed by atoms with Gasteiger partial charge in [0.2, 0.25) is 0 Å². The second-order valence-electron chi connectivity index (χ2n) is 6.77. The van der Waals surface area contributed by atoms with E-state index in [-0.39, 0.29) is 5.43 Å². The van der Waals surface area contributed by atoms with E-state index in [9.17, 15) is 4.79 Å². The maximum atomic E-state index is 13.0. The summed E-state index contributed by atoms with van der Waals surface area (Å²) >= 11 is 1.70. The van der Waals surface area contributed by atoms with Gasteiger partial charge >= 0.3 is 0 Å². The van der Waals surface area contributed by atoms with Crippen LogP contribution < -0.4 is 5.43 Å². The summed E-state index contributed by atoms with van der Waals surface area (Å²) in [6, 6.07) is 21.2. The van der Waals surface area contributed by atoms with Crippen LogP contribution in [0.3, 0.4) is 0 Å². The van der Waals surface area contributed by atoms with Gasteiger partial charge in [-0.1, -0.05) is 29.8 Å². The van der Waals surface area contributed by atoms with Crippen molar-refractivity contribution in [1.82, 2.24) is 0 Å². The quantitative estimate of drug-likeness (QED) is 0.301. The number of hydrogen-bond acceptors (Lipinski definition) is 2. The van der Waals surface area contributed by atoms with Gasteiger partial charge in [-0.05, 0) is 77.4 Å². The lowest BCUT2D eigenvalue weighted by Gasteiger charge is -2.07. The molecule has 0 unspecified atom stereocenters. The Balaban J connectivity index is 1.96. The van der Waals surface area contributed by atoms with Gasteiger partial charge in [0.15, 0.2) is 5.43 Å². The van der Waals surface area contributed by atoms with Crippen LogP contribution in [0.15, 0.2) is 65.5 Å². The lowest BCUT2D eigenvalue weighted by Crippen LogP contribution is -2.01. The van der Waals surface area contributed by atoms with Crippen LogP contribution in [-0.4, -0.2) is 0 Å². The number of aryl methyl sites for hydroxylation is 2. The molecule has 4 aromatic carbocycles. The molecule has 120 valence electrons. The first kappa shape index (κ1) is 14.6. The molecule has 0 radical (unpaired) electrons. The standard InChI is InChI=1S/C23H16OS/c1-13-6-7-21-19(8-13)23(24)20-11-17-10-18-14(2)4-3-5-15(18)9-16(17)12-22(20)25-21/h3-12H,1-2H3. The summed E-state index contributed by atoms with van der Waals surface area (Å²) in [6.07, 6.45) is 0. The SMILES string of the molecule is Cc1ccc2sc3cc4cc5cccc(C)c5cc4cc3c(=O)c2c1. The predicted molar refractivity (Wildman–Crippen MR) is 110 cm³/mol. The zero-order valence-electron chi connectivity index (χ0n) is 14.1. The molecule has 0 N–H and O–H groups in total.